The Labute approximate surface area is 193 Å². The number of aldehydes is 1. The Balaban J connectivity index is 1.38. The second-order valence-corrected chi connectivity index (χ2v) is 9.86. The largest absolute Gasteiger partial charge is 0.344 e. The zero-order chi connectivity index (χ0) is 23.2. The monoisotopic (exact) mass is 440 g/mol. The van der Waals surface area contributed by atoms with Crippen LogP contribution in [-0.2, 0) is 16.0 Å². The number of carbonyl (C=O) groups is 3. The lowest BCUT2D eigenvalue weighted by Crippen LogP contribution is -2.52. The second kappa shape index (κ2) is 8.14. The van der Waals surface area contributed by atoms with E-state index in [0.717, 1.165) is 22.6 Å². The Bertz CT molecular complexity index is 1220. The summed E-state index contributed by atoms with van der Waals surface area (Å²) in [5.41, 5.74) is 1.58. The van der Waals surface area contributed by atoms with Gasteiger partial charge in [-0.2, -0.15) is 0 Å². The van der Waals surface area contributed by atoms with Gasteiger partial charge in [-0.15, -0.1) is 0 Å². The maximum atomic E-state index is 13.5. The first kappa shape index (κ1) is 21.4. The molecule has 5 nitrogen and oxygen atoms in total. The zero-order valence-corrected chi connectivity index (χ0v) is 18.9. The summed E-state index contributed by atoms with van der Waals surface area (Å²) < 4.78 is 0. The number of nitrogens with zero attached hydrogens (tertiary/aromatic N) is 1. The van der Waals surface area contributed by atoms with Crippen LogP contribution >= 0.6 is 0 Å². The van der Waals surface area contributed by atoms with Gasteiger partial charge in [-0.1, -0.05) is 74.5 Å². The summed E-state index contributed by atoms with van der Waals surface area (Å²) >= 11 is 0. The number of nitrogens with one attached hydrogen (secondary N) is 1. The molecule has 1 saturated carbocycles. The molecule has 33 heavy (non-hydrogen) atoms. The normalized spacial score (nSPS) is 23.6. The van der Waals surface area contributed by atoms with Gasteiger partial charge in [-0.3, -0.25) is 9.59 Å². The predicted molar refractivity (Wildman–Crippen MR) is 128 cm³/mol. The van der Waals surface area contributed by atoms with Crippen LogP contribution in [-0.4, -0.2) is 41.6 Å². The molecule has 2 fully saturated rings. The summed E-state index contributed by atoms with van der Waals surface area (Å²) in [6.45, 7) is 4.87. The third-order valence-corrected chi connectivity index (χ3v) is 7.52. The fourth-order valence-corrected chi connectivity index (χ4v) is 5.55. The van der Waals surface area contributed by atoms with Crippen molar-refractivity contribution in [3.05, 3.63) is 83.9 Å². The van der Waals surface area contributed by atoms with Crippen LogP contribution in [0.25, 0.3) is 10.8 Å². The molecule has 0 radical (unpaired) electrons. The molecule has 1 unspecified atom stereocenters. The SMILES string of the molecule is CC1(C)[C@@H]2C(C(=O)N[C@H](C=O)Cc3ccccc3)N(C(=O)c3ccc4ccccc4c3)C[C@@H]21. The number of rotatable bonds is 6. The molecule has 2 aliphatic rings. The van der Waals surface area contributed by atoms with E-state index in [1.54, 1.807) is 4.90 Å². The van der Waals surface area contributed by atoms with Crippen molar-refractivity contribution in [3.63, 3.8) is 0 Å². The molecule has 168 valence electrons. The van der Waals surface area contributed by atoms with Crippen LogP contribution in [0.1, 0.15) is 29.8 Å². The number of hydrogen-bond donors (Lipinski definition) is 1. The molecule has 2 amide bonds. The van der Waals surface area contributed by atoms with Gasteiger partial charge in [0.2, 0.25) is 5.91 Å². The van der Waals surface area contributed by atoms with Gasteiger partial charge in [0.15, 0.2) is 0 Å². The molecule has 1 heterocycles. The number of carbonyl (C=O) groups excluding carboxylic acids is 3. The van der Waals surface area contributed by atoms with Gasteiger partial charge in [0.1, 0.15) is 12.3 Å². The molecule has 3 aromatic carbocycles. The Kier molecular flexibility index (Phi) is 5.28. The topological polar surface area (TPSA) is 66.5 Å². The van der Waals surface area contributed by atoms with E-state index in [0.29, 0.717) is 24.4 Å². The maximum absolute atomic E-state index is 13.5. The van der Waals surface area contributed by atoms with Crippen LogP contribution in [0, 0.1) is 17.3 Å². The van der Waals surface area contributed by atoms with E-state index in [4.69, 9.17) is 0 Å². The summed E-state index contributed by atoms with van der Waals surface area (Å²) in [5.74, 6) is 0.0252. The maximum Gasteiger partial charge on any atom is 0.254 e. The standard InChI is InChI=1S/C28H28N2O3/c1-28(2)23-16-30(27(33)21-13-12-19-10-6-7-11-20(19)15-21)25(24(23)28)26(32)29-22(17-31)14-18-8-4-3-5-9-18/h3-13,15,17,22-25H,14,16H2,1-2H3,(H,29,32)/t22-,23-,24-,25?/m0/s1. The van der Waals surface area contributed by atoms with Crippen LogP contribution in [0.15, 0.2) is 72.8 Å². The Morgan fingerprint density at radius 1 is 1.03 bits per heavy atom. The van der Waals surface area contributed by atoms with Crippen molar-refractivity contribution in [2.75, 3.05) is 6.54 Å². The van der Waals surface area contributed by atoms with Crippen molar-refractivity contribution in [2.24, 2.45) is 17.3 Å². The summed E-state index contributed by atoms with van der Waals surface area (Å²) in [4.78, 5) is 40.4. The smallest absolute Gasteiger partial charge is 0.254 e. The molecule has 3 aromatic rings. The van der Waals surface area contributed by atoms with Crippen LogP contribution < -0.4 is 5.32 Å². The van der Waals surface area contributed by atoms with Gasteiger partial charge < -0.3 is 15.0 Å². The predicted octanol–water partition coefficient (Wildman–Crippen LogP) is 3.86. The van der Waals surface area contributed by atoms with E-state index >= 15 is 0 Å². The minimum atomic E-state index is -0.626. The molecule has 5 heteroatoms. The van der Waals surface area contributed by atoms with Crippen molar-refractivity contribution in [3.8, 4) is 0 Å². The first-order valence-electron chi connectivity index (χ1n) is 11.5. The number of hydrogen-bond acceptors (Lipinski definition) is 3. The van der Waals surface area contributed by atoms with E-state index in [9.17, 15) is 14.4 Å². The molecule has 1 aliphatic carbocycles. The van der Waals surface area contributed by atoms with Crippen LogP contribution in [0.4, 0.5) is 0 Å². The van der Waals surface area contributed by atoms with Crippen LogP contribution in [0.5, 0.6) is 0 Å². The molecular weight excluding hydrogens is 412 g/mol. The lowest BCUT2D eigenvalue weighted by atomic mass is 9.98. The first-order valence-corrected chi connectivity index (χ1v) is 11.5. The fourth-order valence-electron chi connectivity index (χ4n) is 5.55. The van der Waals surface area contributed by atoms with E-state index in [1.165, 1.54) is 0 Å². The molecular formula is C28H28N2O3. The molecule has 5 rings (SSSR count). The zero-order valence-electron chi connectivity index (χ0n) is 18.9. The van der Waals surface area contributed by atoms with E-state index in [1.807, 2.05) is 72.8 Å². The van der Waals surface area contributed by atoms with Gasteiger partial charge in [0.25, 0.3) is 5.91 Å². The van der Waals surface area contributed by atoms with Gasteiger partial charge in [-0.25, -0.2) is 0 Å². The highest BCUT2D eigenvalue weighted by Gasteiger charge is 2.69. The summed E-state index contributed by atoms with van der Waals surface area (Å²) in [6, 6.07) is 22.0. The first-order chi connectivity index (χ1) is 15.9. The van der Waals surface area contributed by atoms with Crippen molar-refractivity contribution in [1.29, 1.82) is 0 Å². The lowest BCUT2D eigenvalue weighted by molar-refractivity contribution is -0.128. The van der Waals surface area contributed by atoms with Crippen molar-refractivity contribution in [1.82, 2.24) is 10.2 Å². The van der Waals surface area contributed by atoms with Gasteiger partial charge >= 0.3 is 0 Å². The quantitative estimate of drug-likeness (QED) is 0.592. The Morgan fingerprint density at radius 3 is 2.45 bits per heavy atom. The molecule has 1 saturated heterocycles. The molecule has 1 N–H and O–H groups in total. The highest BCUT2D eigenvalue weighted by atomic mass is 16.2. The summed E-state index contributed by atoms with van der Waals surface area (Å²) in [5, 5.41) is 4.99. The number of piperidine rings is 1. The highest BCUT2D eigenvalue weighted by Crippen LogP contribution is 2.65. The van der Waals surface area contributed by atoms with Gasteiger partial charge in [0.05, 0.1) is 6.04 Å². The Morgan fingerprint density at radius 2 is 1.73 bits per heavy atom. The molecule has 1 aliphatic heterocycles. The van der Waals surface area contributed by atoms with E-state index < -0.39 is 12.1 Å². The fraction of sp³-hybridized carbons (Fsp3) is 0.321. The average molecular weight is 441 g/mol. The van der Waals surface area contributed by atoms with Gasteiger partial charge in [-0.05, 0) is 52.1 Å². The molecule has 0 aromatic heterocycles. The molecule has 0 bridgehead atoms. The number of benzene rings is 3. The van der Waals surface area contributed by atoms with Crippen molar-refractivity contribution in [2.45, 2.75) is 32.4 Å². The average Bonchev–Trinajstić information content (AvgIpc) is 3.17. The third kappa shape index (κ3) is 3.82. The second-order valence-electron chi connectivity index (χ2n) is 9.86. The minimum Gasteiger partial charge on any atom is -0.344 e. The van der Waals surface area contributed by atoms with Crippen molar-refractivity contribution < 1.29 is 14.4 Å². The lowest BCUT2D eigenvalue weighted by Gasteiger charge is -2.31. The number of amides is 2. The van der Waals surface area contributed by atoms with Crippen molar-refractivity contribution >= 4 is 28.9 Å². The van der Waals surface area contributed by atoms with E-state index in [2.05, 4.69) is 19.2 Å². The number of likely N-dealkylation sites (tertiary alicyclic amines) is 1. The third-order valence-electron chi connectivity index (χ3n) is 7.52. The van der Waals surface area contributed by atoms with Crippen LogP contribution in [0.2, 0.25) is 0 Å². The minimum absolute atomic E-state index is 0.0122. The summed E-state index contributed by atoms with van der Waals surface area (Å²) in [6.07, 6.45) is 1.21. The number of fused-ring (bicyclic) bond motifs is 2. The van der Waals surface area contributed by atoms with E-state index in [-0.39, 0.29) is 23.1 Å². The van der Waals surface area contributed by atoms with Crippen LogP contribution in [0.3, 0.4) is 0 Å². The summed E-state index contributed by atoms with van der Waals surface area (Å²) in [7, 11) is 0. The molecule has 4 atom stereocenters. The van der Waals surface area contributed by atoms with Gasteiger partial charge in [0, 0.05) is 12.1 Å². The Hall–Kier alpha value is -3.47. The molecule has 0 spiro atoms. The highest BCUT2D eigenvalue weighted by molar-refractivity contribution is 6.01.